The van der Waals surface area contributed by atoms with Gasteiger partial charge in [-0.2, -0.15) is 8.42 Å². The lowest BCUT2D eigenvalue weighted by Crippen LogP contribution is -2.55. The molecule has 8 heteroatoms. The third-order valence-electron chi connectivity index (χ3n) is 2.30. The van der Waals surface area contributed by atoms with Crippen LogP contribution in [0.4, 0.5) is 0 Å². The Morgan fingerprint density at radius 3 is 1.71 bits per heavy atom. The van der Waals surface area contributed by atoms with Gasteiger partial charge in [0.25, 0.3) is 10.1 Å². The first-order valence-corrected chi connectivity index (χ1v) is 5.33. The topological polar surface area (TPSA) is 141 Å². The number of nitrogens with two attached hydrogens (primary N) is 1. The first-order chi connectivity index (χ1) is 6.39. The Balaban J connectivity index is 5.27. The molecule has 7 nitrogen and oxygen atoms in total. The Hall–Kier alpha value is -0.250. The van der Waals surface area contributed by atoms with Crippen molar-refractivity contribution in [3.05, 3.63) is 0 Å². The molecule has 0 saturated heterocycles. The molecule has 0 heterocycles. The zero-order valence-corrected chi connectivity index (χ0v) is 8.31. The Morgan fingerprint density at radius 2 is 1.64 bits per heavy atom. The number of hydrogen-bond acceptors (Lipinski definition) is 6. The molecule has 86 valence electrons. The maximum absolute atomic E-state index is 10.9. The van der Waals surface area contributed by atoms with Crippen LogP contribution in [0.3, 0.4) is 0 Å². The van der Waals surface area contributed by atoms with Crippen LogP contribution >= 0.6 is 0 Å². The molecule has 0 aromatic rings. The maximum atomic E-state index is 10.9. The third kappa shape index (κ3) is 2.22. The van der Waals surface area contributed by atoms with Crippen molar-refractivity contribution in [1.82, 2.24) is 0 Å². The fourth-order valence-electron chi connectivity index (χ4n) is 1.14. The molecule has 0 rings (SSSR count). The zero-order valence-electron chi connectivity index (χ0n) is 7.50. The first-order valence-electron chi connectivity index (χ1n) is 3.89. The highest BCUT2D eigenvalue weighted by Gasteiger charge is 2.48. The second kappa shape index (κ2) is 5.01. The third-order valence-corrected chi connectivity index (χ3v) is 3.92. The van der Waals surface area contributed by atoms with Crippen LogP contribution < -0.4 is 5.73 Å². The summed E-state index contributed by atoms with van der Waals surface area (Å²) < 4.78 is 28.5. The van der Waals surface area contributed by atoms with E-state index in [0.29, 0.717) is 0 Å². The van der Waals surface area contributed by atoms with Crippen molar-refractivity contribution in [2.75, 3.05) is 26.4 Å². The smallest absolute Gasteiger partial charge is 0.275 e. The summed E-state index contributed by atoms with van der Waals surface area (Å²) in [5, 5.41) is 26.6. The molecule has 0 bridgehead atoms. The van der Waals surface area contributed by atoms with E-state index in [9.17, 15) is 8.42 Å². The zero-order chi connectivity index (χ0) is 11.4. The van der Waals surface area contributed by atoms with Gasteiger partial charge in [-0.3, -0.25) is 4.55 Å². The molecule has 6 N–H and O–H groups in total. The highest BCUT2D eigenvalue weighted by molar-refractivity contribution is 7.87. The molecule has 14 heavy (non-hydrogen) atoms. The number of hydrogen-bond donors (Lipinski definition) is 5. The molecule has 0 aliphatic carbocycles. The largest absolute Gasteiger partial charge is 0.396 e. The number of aliphatic hydroxyl groups excluding tert-OH is 3. The van der Waals surface area contributed by atoms with Crippen molar-refractivity contribution < 1.29 is 28.3 Å². The minimum atomic E-state index is -4.69. The second-order valence-corrected chi connectivity index (χ2v) is 4.73. The van der Waals surface area contributed by atoms with E-state index >= 15 is 0 Å². The summed E-state index contributed by atoms with van der Waals surface area (Å²) >= 11 is 0. The van der Waals surface area contributed by atoms with Gasteiger partial charge in [-0.05, 0) is 6.54 Å². The standard InChI is InChI=1S/C6H15NO6S/c7-1-5(2-8)6(3-9,4-10)14(11,12)13/h5,8-10H,1-4,7H2,(H,11,12,13). The van der Waals surface area contributed by atoms with Crippen molar-refractivity contribution in [2.24, 2.45) is 11.7 Å². The second-order valence-electron chi connectivity index (χ2n) is 2.97. The first kappa shape index (κ1) is 13.8. The summed E-state index contributed by atoms with van der Waals surface area (Å²) in [4.78, 5) is 0. The Kier molecular flexibility index (Phi) is 4.92. The summed E-state index contributed by atoms with van der Waals surface area (Å²) in [5.41, 5.74) is 5.16. The molecule has 0 amide bonds. The average molecular weight is 229 g/mol. The van der Waals surface area contributed by atoms with Gasteiger partial charge in [-0.15, -0.1) is 0 Å². The lowest BCUT2D eigenvalue weighted by atomic mass is 9.93. The van der Waals surface area contributed by atoms with Gasteiger partial charge in [-0.25, -0.2) is 0 Å². The van der Waals surface area contributed by atoms with Gasteiger partial charge < -0.3 is 21.1 Å². The summed E-state index contributed by atoms with van der Waals surface area (Å²) in [6.07, 6.45) is 0. The van der Waals surface area contributed by atoms with Gasteiger partial charge in [0.2, 0.25) is 0 Å². The van der Waals surface area contributed by atoms with E-state index in [-0.39, 0.29) is 6.54 Å². The van der Waals surface area contributed by atoms with E-state index in [1.54, 1.807) is 0 Å². The maximum Gasteiger partial charge on any atom is 0.275 e. The monoisotopic (exact) mass is 229 g/mol. The van der Waals surface area contributed by atoms with Crippen molar-refractivity contribution in [3.8, 4) is 0 Å². The van der Waals surface area contributed by atoms with E-state index in [0.717, 1.165) is 0 Å². The summed E-state index contributed by atoms with van der Waals surface area (Å²) in [5.74, 6) is -1.12. The molecule has 1 unspecified atom stereocenters. The van der Waals surface area contributed by atoms with Crippen LogP contribution in [0.15, 0.2) is 0 Å². The minimum absolute atomic E-state index is 0.280. The summed E-state index contributed by atoms with van der Waals surface area (Å²) in [6.45, 7) is -2.95. The van der Waals surface area contributed by atoms with Gasteiger partial charge in [0.1, 0.15) is 4.75 Å². The lowest BCUT2D eigenvalue weighted by Gasteiger charge is -2.32. The van der Waals surface area contributed by atoms with Crippen molar-refractivity contribution in [3.63, 3.8) is 0 Å². The molecule has 0 radical (unpaired) electrons. The molecule has 0 spiro atoms. The van der Waals surface area contributed by atoms with Gasteiger partial charge in [0.15, 0.2) is 0 Å². The van der Waals surface area contributed by atoms with E-state index in [1.165, 1.54) is 0 Å². The van der Waals surface area contributed by atoms with Crippen LogP contribution in [-0.2, 0) is 10.1 Å². The van der Waals surface area contributed by atoms with Crippen molar-refractivity contribution in [1.29, 1.82) is 0 Å². The lowest BCUT2D eigenvalue weighted by molar-refractivity contribution is 0.0889. The van der Waals surface area contributed by atoms with Gasteiger partial charge in [0, 0.05) is 12.5 Å². The van der Waals surface area contributed by atoms with E-state index in [2.05, 4.69) is 0 Å². The quantitative estimate of drug-likeness (QED) is 0.309. The van der Waals surface area contributed by atoms with E-state index in [4.69, 9.17) is 25.6 Å². The molecule has 0 aromatic heterocycles. The molecule has 0 saturated carbocycles. The predicted molar refractivity (Wildman–Crippen MR) is 48.1 cm³/mol. The summed E-state index contributed by atoms with van der Waals surface area (Å²) in [7, 11) is -4.69. The van der Waals surface area contributed by atoms with Gasteiger partial charge in [-0.1, -0.05) is 0 Å². The van der Waals surface area contributed by atoms with Crippen LogP contribution in [0, 0.1) is 5.92 Å². The Labute approximate surface area is 81.9 Å². The minimum Gasteiger partial charge on any atom is -0.396 e. The fourth-order valence-corrected chi connectivity index (χ4v) is 2.06. The average Bonchev–Trinajstić information content (AvgIpc) is 2.12. The number of rotatable bonds is 6. The van der Waals surface area contributed by atoms with Crippen molar-refractivity contribution in [2.45, 2.75) is 4.75 Å². The van der Waals surface area contributed by atoms with Crippen LogP contribution in [-0.4, -0.2) is 59.4 Å². The molecular weight excluding hydrogens is 214 g/mol. The molecule has 0 fully saturated rings. The molecule has 0 aromatic carbocycles. The predicted octanol–water partition coefficient (Wildman–Crippen LogP) is -2.84. The van der Waals surface area contributed by atoms with Crippen LogP contribution in [0.2, 0.25) is 0 Å². The van der Waals surface area contributed by atoms with Crippen LogP contribution in [0.1, 0.15) is 0 Å². The fraction of sp³-hybridized carbons (Fsp3) is 1.00. The molecular formula is C6H15NO6S. The van der Waals surface area contributed by atoms with Gasteiger partial charge in [0.05, 0.1) is 13.2 Å². The Bertz CT molecular complexity index is 255. The molecule has 1 atom stereocenters. The number of aliphatic hydroxyl groups is 3. The van der Waals surface area contributed by atoms with Crippen LogP contribution in [0.5, 0.6) is 0 Å². The van der Waals surface area contributed by atoms with Crippen LogP contribution in [0.25, 0.3) is 0 Å². The highest BCUT2D eigenvalue weighted by Crippen LogP contribution is 2.25. The van der Waals surface area contributed by atoms with Gasteiger partial charge >= 0.3 is 0 Å². The summed E-state index contributed by atoms with van der Waals surface area (Å²) in [6, 6.07) is 0. The SMILES string of the molecule is NCC(CO)C(CO)(CO)S(=O)(=O)O. The van der Waals surface area contributed by atoms with E-state index in [1.807, 2.05) is 0 Å². The molecule has 0 aliphatic rings. The highest BCUT2D eigenvalue weighted by atomic mass is 32.2. The van der Waals surface area contributed by atoms with Crippen molar-refractivity contribution >= 4 is 10.1 Å². The van der Waals surface area contributed by atoms with E-state index < -0.39 is 40.6 Å². The normalized spacial score (nSPS) is 15.5. The molecule has 0 aliphatic heterocycles. The Morgan fingerprint density at radius 1 is 1.21 bits per heavy atom.